The Morgan fingerprint density at radius 3 is 1.63 bits per heavy atom. The van der Waals surface area contributed by atoms with Crippen molar-refractivity contribution in [1.82, 2.24) is 5.32 Å². The van der Waals surface area contributed by atoms with Gasteiger partial charge in [0.2, 0.25) is 5.91 Å². The lowest BCUT2D eigenvalue weighted by molar-refractivity contribution is -0.870. The lowest BCUT2D eigenvalue weighted by Gasteiger charge is -2.25. The molecular weight excluding hydrogens is 635 g/mol. The third-order valence-corrected chi connectivity index (χ3v) is 9.91. The van der Waals surface area contributed by atoms with Gasteiger partial charge in [-0.05, 0) is 32.1 Å². The van der Waals surface area contributed by atoms with Gasteiger partial charge in [0.25, 0.3) is 0 Å². The van der Waals surface area contributed by atoms with E-state index in [1.165, 1.54) is 116 Å². The number of nitrogens with zero attached hydrogens (tertiary/aromatic N) is 1. The van der Waals surface area contributed by atoms with E-state index in [4.69, 9.17) is 9.05 Å². The molecule has 0 rings (SSSR count). The molecule has 0 saturated heterocycles. The number of rotatable bonds is 36. The molecule has 0 aliphatic heterocycles. The number of amides is 1. The Bertz CT molecular complexity index is 860. The van der Waals surface area contributed by atoms with Crippen LogP contribution in [0.5, 0.6) is 0 Å². The van der Waals surface area contributed by atoms with Gasteiger partial charge in [-0.15, -0.1) is 0 Å². The smallest absolute Gasteiger partial charge is 0.387 e. The van der Waals surface area contributed by atoms with Crippen LogP contribution in [-0.2, 0) is 18.4 Å². The molecule has 8 nitrogen and oxygen atoms in total. The number of phosphoric acid groups is 1. The number of hydrogen-bond acceptors (Lipinski definition) is 5. The molecule has 0 aromatic rings. The normalized spacial score (nSPS) is 14.8. The van der Waals surface area contributed by atoms with Crippen LogP contribution in [0.4, 0.5) is 0 Å². The minimum atomic E-state index is -4.33. The van der Waals surface area contributed by atoms with Crippen LogP contribution in [0, 0.1) is 0 Å². The van der Waals surface area contributed by atoms with Crippen LogP contribution in [0.15, 0.2) is 24.3 Å². The zero-order valence-electron chi connectivity index (χ0n) is 32.7. The van der Waals surface area contributed by atoms with Gasteiger partial charge >= 0.3 is 7.82 Å². The molecule has 0 aliphatic rings. The van der Waals surface area contributed by atoms with Gasteiger partial charge in [-0.1, -0.05) is 160 Å². The summed E-state index contributed by atoms with van der Waals surface area (Å²) in [6, 6.07) is -0.856. The average Bonchev–Trinajstić information content (AvgIpc) is 3.04. The minimum Gasteiger partial charge on any atom is -0.387 e. The molecule has 9 heteroatoms. The molecule has 1 amide bonds. The van der Waals surface area contributed by atoms with Crippen LogP contribution in [0.25, 0.3) is 0 Å². The zero-order valence-corrected chi connectivity index (χ0v) is 33.6. The molecule has 0 aromatic heterocycles. The third kappa shape index (κ3) is 35.2. The second-order valence-corrected chi connectivity index (χ2v) is 16.5. The van der Waals surface area contributed by atoms with Crippen molar-refractivity contribution in [1.29, 1.82) is 0 Å². The highest BCUT2D eigenvalue weighted by atomic mass is 31.2. The summed E-state index contributed by atoms with van der Waals surface area (Å²) >= 11 is 0. The number of carbonyl (C=O) groups excluding carboxylic acids is 1. The van der Waals surface area contributed by atoms with Crippen LogP contribution in [0.2, 0.25) is 0 Å². The van der Waals surface area contributed by atoms with Crippen LogP contribution in [0.1, 0.15) is 174 Å². The molecule has 0 heterocycles. The molecule has 49 heavy (non-hydrogen) atoms. The van der Waals surface area contributed by atoms with Gasteiger partial charge in [0.1, 0.15) is 13.2 Å². The Morgan fingerprint density at radius 2 is 1.12 bits per heavy atom. The fraction of sp³-hybridized carbons (Fsp3) is 0.875. The van der Waals surface area contributed by atoms with Gasteiger partial charge in [0.15, 0.2) is 0 Å². The van der Waals surface area contributed by atoms with Gasteiger partial charge in [0.05, 0.1) is 39.9 Å². The predicted octanol–water partition coefficient (Wildman–Crippen LogP) is 10.6. The number of carbonyl (C=O) groups is 1. The van der Waals surface area contributed by atoms with Crippen LogP contribution in [-0.4, -0.2) is 73.4 Å². The standard InChI is InChI=1S/C40H79N2O6P/c1-6-8-10-12-14-16-18-19-20-21-22-24-26-28-30-32-34-40(44)41-38(37-48-49(45,46)47-36-35-42(3,4)5)39(43)33-31-29-27-25-23-17-15-13-11-9-7-2/h23,25,31,33,38-39,43H,6-22,24,26-30,32,34-37H2,1-5H3,(H-,41,44,45,46)/p+1/b25-23+,33-31+/t38-,39+/m0/s1. The predicted molar refractivity (Wildman–Crippen MR) is 208 cm³/mol. The van der Waals surface area contributed by atoms with Crippen molar-refractivity contribution in [2.75, 3.05) is 40.9 Å². The highest BCUT2D eigenvalue weighted by Crippen LogP contribution is 2.43. The highest BCUT2D eigenvalue weighted by molar-refractivity contribution is 7.47. The van der Waals surface area contributed by atoms with E-state index in [2.05, 4.69) is 31.3 Å². The zero-order chi connectivity index (χ0) is 36.5. The molecule has 290 valence electrons. The van der Waals surface area contributed by atoms with Crippen molar-refractivity contribution in [3.05, 3.63) is 24.3 Å². The summed E-state index contributed by atoms with van der Waals surface area (Å²) in [5.41, 5.74) is 0. The van der Waals surface area contributed by atoms with E-state index in [-0.39, 0.29) is 19.1 Å². The largest absolute Gasteiger partial charge is 0.472 e. The minimum absolute atomic E-state index is 0.0578. The molecule has 1 unspecified atom stereocenters. The Labute approximate surface area is 303 Å². The Balaban J connectivity index is 4.47. The molecule has 3 atom stereocenters. The maximum atomic E-state index is 12.8. The Morgan fingerprint density at radius 1 is 0.673 bits per heavy atom. The van der Waals surface area contributed by atoms with Crippen LogP contribution < -0.4 is 5.32 Å². The van der Waals surface area contributed by atoms with Gasteiger partial charge in [-0.3, -0.25) is 13.8 Å². The van der Waals surface area contributed by atoms with Crippen molar-refractivity contribution < 1.29 is 32.9 Å². The quantitative estimate of drug-likeness (QED) is 0.0258. The molecule has 0 bridgehead atoms. The molecule has 0 saturated carbocycles. The number of unbranched alkanes of at least 4 members (excludes halogenated alkanes) is 21. The lowest BCUT2D eigenvalue weighted by Crippen LogP contribution is -2.45. The molecule has 0 aliphatic carbocycles. The van der Waals surface area contributed by atoms with Crippen molar-refractivity contribution in [2.24, 2.45) is 0 Å². The van der Waals surface area contributed by atoms with E-state index < -0.39 is 20.0 Å². The summed E-state index contributed by atoms with van der Waals surface area (Å²) in [4.78, 5) is 23.0. The number of likely N-dealkylation sites (N-methyl/N-ethyl adjacent to an activating group) is 1. The number of hydrogen-bond donors (Lipinski definition) is 3. The number of aliphatic hydroxyl groups excluding tert-OH is 1. The molecular formula is C40H80N2O6P+. The van der Waals surface area contributed by atoms with E-state index in [1.807, 2.05) is 27.2 Å². The van der Waals surface area contributed by atoms with Crippen molar-refractivity contribution in [3.8, 4) is 0 Å². The van der Waals surface area contributed by atoms with Crippen LogP contribution >= 0.6 is 7.82 Å². The van der Waals surface area contributed by atoms with E-state index >= 15 is 0 Å². The summed E-state index contributed by atoms with van der Waals surface area (Å²) < 4.78 is 23.4. The van der Waals surface area contributed by atoms with Gasteiger partial charge in [0, 0.05) is 6.42 Å². The van der Waals surface area contributed by atoms with Crippen molar-refractivity contribution in [3.63, 3.8) is 0 Å². The van der Waals surface area contributed by atoms with Gasteiger partial charge in [-0.2, -0.15) is 0 Å². The molecule has 0 spiro atoms. The first-order chi connectivity index (χ1) is 23.5. The molecule has 0 aromatic carbocycles. The second kappa shape index (κ2) is 32.9. The number of allylic oxidation sites excluding steroid dienone is 3. The van der Waals surface area contributed by atoms with Crippen molar-refractivity contribution >= 4 is 13.7 Å². The number of phosphoric ester groups is 1. The van der Waals surface area contributed by atoms with Gasteiger partial charge in [-0.25, -0.2) is 4.57 Å². The first-order valence-electron chi connectivity index (χ1n) is 20.2. The summed E-state index contributed by atoms with van der Waals surface area (Å²) in [7, 11) is 1.56. The third-order valence-electron chi connectivity index (χ3n) is 8.92. The molecule has 0 fully saturated rings. The maximum absolute atomic E-state index is 12.8. The first kappa shape index (κ1) is 48.0. The first-order valence-corrected chi connectivity index (χ1v) is 21.7. The van der Waals surface area contributed by atoms with Gasteiger partial charge < -0.3 is 19.8 Å². The monoisotopic (exact) mass is 716 g/mol. The fourth-order valence-electron chi connectivity index (χ4n) is 5.64. The van der Waals surface area contributed by atoms with E-state index in [9.17, 15) is 19.4 Å². The fourth-order valence-corrected chi connectivity index (χ4v) is 6.38. The summed E-state index contributed by atoms with van der Waals surface area (Å²) in [6.45, 7) is 4.76. The van der Waals surface area contributed by atoms with E-state index in [1.54, 1.807) is 6.08 Å². The Kier molecular flexibility index (Phi) is 32.2. The summed E-state index contributed by atoms with van der Waals surface area (Å²) in [5.74, 6) is -0.188. The maximum Gasteiger partial charge on any atom is 0.472 e. The topological polar surface area (TPSA) is 105 Å². The van der Waals surface area contributed by atoms with Crippen LogP contribution in [0.3, 0.4) is 0 Å². The average molecular weight is 716 g/mol. The number of aliphatic hydroxyl groups is 1. The Hall–Kier alpha value is -1.02. The van der Waals surface area contributed by atoms with E-state index in [0.29, 0.717) is 17.4 Å². The SMILES string of the molecule is CCCCCCC/C=C/CC/C=C/[C@@H](O)[C@H](COP(=O)(O)OCC[N+](C)(C)C)NC(=O)CCCCCCCCCCCCCCCCCC. The lowest BCUT2D eigenvalue weighted by atomic mass is 10.0. The molecule has 3 N–H and O–H groups in total. The summed E-state index contributed by atoms with van der Waals surface area (Å²) in [5, 5.41) is 13.7. The number of nitrogens with one attached hydrogen (secondary N) is 1. The summed E-state index contributed by atoms with van der Waals surface area (Å²) in [6.07, 6.45) is 36.7. The molecule has 0 radical (unpaired) electrons. The highest BCUT2D eigenvalue weighted by Gasteiger charge is 2.27. The van der Waals surface area contributed by atoms with E-state index in [0.717, 1.165) is 38.5 Å². The second-order valence-electron chi connectivity index (χ2n) is 15.0. The number of quaternary nitrogens is 1. The van der Waals surface area contributed by atoms with Crippen molar-refractivity contribution in [2.45, 2.75) is 187 Å².